The number of nitrogen functional groups attached to an aromatic ring is 1. The minimum Gasteiger partial charge on any atom is -0.398 e. The molecular weight excluding hydrogens is 291 g/mol. The number of benzene rings is 1. The molecule has 0 aromatic heterocycles. The summed E-state index contributed by atoms with van der Waals surface area (Å²) in [6.07, 6.45) is 0. The summed E-state index contributed by atoms with van der Waals surface area (Å²) in [6, 6.07) is 4.38. The summed E-state index contributed by atoms with van der Waals surface area (Å²) in [6.45, 7) is 0. The van der Waals surface area contributed by atoms with E-state index in [4.69, 9.17) is 15.5 Å². The van der Waals surface area contributed by atoms with Crippen molar-refractivity contribution in [2.45, 2.75) is 0 Å². The van der Waals surface area contributed by atoms with Gasteiger partial charge in [0, 0.05) is 10.2 Å². The van der Waals surface area contributed by atoms with E-state index in [0.29, 0.717) is 4.47 Å². The van der Waals surface area contributed by atoms with Crippen LogP contribution < -0.4 is 70.2 Å². The molecule has 0 radical (unpaired) electrons. The summed E-state index contributed by atoms with van der Waals surface area (Å²) in [4.78, 5) is 17.6. The quantitative estimate of drug-likeness (QED) is 0.275. The molecule has 0 bridgehead atoms. The molecule has 66 valence electrons. The van der Waals surface area contributed by atoms with Gasteiger partial charge in [-0.15, -0.1) is 0 Å². The van der Waals surface area contributed by atoms with Crippen molar-refractivity contribution in [1.29, 1.82) is 0 Å². The van der Waals surface area contributed by atoms with Crippen LogP contribution in [-0.4, -0.2) is 9.79 Å². The molecule has 0 aliphatic rings. The van der Waals surface area contributed by atoms with Crippen LogP contribution in [0.4, 0.5) is 5.69 Å². The zero-order valence-electron chi connectivity index (χ0n) is 7.94. The van der Waals surface area contributed by atoms with Crippen LogP contribution >= 0.6 is 23.5 Å². The fourth-order valence-corrected chi connectivity index (χ4v) is 2.03. The van der Waals surface area contributed by atoms with Gasteiger partial charge in [0.15, 0.2) is 0 Å². The molecule has 0 aliphatic heterocycles. The van der Waals surface area contributed by atoms with Gasteiger partial charge in [-0.3, -0.25) is 4.57 Å². The number of halogens is 1. The second kappa shape index (κ2) is 7.07. The van der Waals surface area contributed by atoms with Gasteiger partial charge < -0.3 is 15.5 Å². The van der Waals surface area contributed by atoms with Crippen LogP contribution in [0.5, 0.6) is 0 Å². The second-order valence-electron chi connectivity index (χ2n) is 2.25. The summed E-state index contributed by atoms with van der Waals surface area (Å²) in [5.41, 5.74) is 5.47. The Labute approximate surface area is 135 Å². The minimum absolute atomic E-state index is 0. The first kappa shape index (κ1) is 18.0. The second-order valence-corrected chi connectivity index (χ2v) is 4.73. The van der Waals surface area contributed by atoms with E-state index in [-0.39, 0.29) is 70.1 Å². The van der Waals surface area contributed by atoms with Crippen molar-refractivity contribution in [2.24, 2.45) is 0 Å². The summed E-state index contributed by atoms with van der Waals surface area (Å²) < 4.78 is 11.4. The van der Waals surface area contributed by atoms with E-state index in [9.17, 15) is 4.57 Å². The average Bonchev–Trinajstić information content (AvgIpc) is 1.92. The van der Waals surface area contributed by atoms with Crippen molar-refractivity contribution in [3.63, 3.8) is 0 Å². The fourth-order valence-electron chi connectivity index (χ4n) is 0.769. The summed E-state index contributed by atoms with van der Waals surface area (Å²) in [5.74, 6) is 0. The van der Waals surface area contributed by atoms with Gasteiger partial charge in [0.2, 0.25) is 0 Å². The maximum Gasteiger partial charge on any atom is 1.00 e. The van der Waals surface area contributed by atoms with Gasteiger partial charge in [-0.25, -0.2) is 0 Å². The van der Waals surface area contributed by atoms with E-state index >= 15 is 0 Å². The maximum atomic E-state index is 10.8. The van der Waals surface area contributed by atoms with Gasteiger partial charge in [-0.2, -0.15) is 0 Å². The summed E-state index contributed by atoms with van der Waals surface area (Å²) in [7, 11) is -4.24. The molecule has 0 heterocycles. The van der Waals surface area contributed by atoms with Crippen LogP contribution in [0, 0.1) is 0 Å². The minimum atomic E-state index is -4.24. The first-order chi connectivity index (χ1) is 5.41. The molecule has 0 spiro atoms. The number of nitrogens with two attached hydrogens (primary N) is 1. The van der Waals surface area contributed by atoms with E-state index in [1.54, 1.807) is 6.07 Å². The number of hydrogen-bond acceptors (Lipinski definition) is 2. The van der Waals surface area contributed by atoms with Gasteiger partial charge in [0.1, 0.15) is 0 Å². The molecule has 8 heteroatoms. The molecule has 0 amide bonds. The Morgan fingerprint density at radius 2 is 1.79 bits per heavy atom. The summed E-state index contributed by atoms with van der Waals surface area (Å²) in [5, 5.41) is -0.142. The Bertz CT molecular complexity index is 357. The molecule has 4 N–H and O–H groups in total. The van der Waals surface area contributed by atoms with Gasteiger partial charge in [-0.1, -0.05) is 15.9 Å². The van der Waals surface area contributed by atoms with Crippen LogP contribution in [0.25, 0.3) is 0 Å². The zero-order chi connectivity index (χ0) is 9.35. The average molecular weight is 298 g/mol. The third-order valence-electron chi connectivity index (χ3n) is 1.31. The standard InChI is InChI=1S/C6H7BrNO3P.2Na/c7-4-1-2-5(8)6(3-4)12(9,10)11;;/h1-3H,8H2,(H2,9,10,11);;/q;2*+1. The Kier molecular flexibility index (Phi) is 9.10. The molecule has 0 unspecified atom stereocenters. The third-order valence-corrected chi connectivity index (χ3v) is 2.81. The van der Waals surface area contributed by atoms with Gasteiger partial charge in [0.05, 0.1) is 5.30 Å². The molecule has 0 fully saturated rings. The van der Waals surface area contributed by atoms with Crippen LogP contribution in [0.15, 0.2) is 22.7 Å². The number of rotatable bonds is 1. The molecule has 4 nitrogen and oxygen atoms in total. The molecule has 0 atom stereocenters. The Morgan fingerprint density at radius 1 is 1.29 bits per heavy atom. The van der Waals surface area contributed by atoms with Crippen molar-refractivity contribution in [3.05, 3.63) is 22.7 Å². The molecule has 1 rings (SSSR count). The van der Waals surface area contributed by atoms with E-state index in [2.05, 4.69) is 15.9 Å². The van der Waals surface area contributed by atoms with Crippen LogP contribution in [0.3, 0.4) is 0 Å². The predicted molar refractivity (Wildman–Crippen MR) is 50.2 cm³/mol. The SMILES string of the molecule is Nc1ccc(Br)cc1P(=O)(O)O.[Na+].[Na+]. The molecule has 14 heavy (non-hydrogen) atoms. The monoisotopic (exact) mass is 297 g/mol. The van der Waals surface area contributed by atoms with Gasteiger partial charge in [-0.05, 0) is 18.2 Å². The van der Waals surface area contributed by atoms with Crippen molar-refractivity contribution >= 4 is 34.5 Å². The maximum absolute atomic E-state index is 10.8. The molecular formula is C6H7BrNNa2O3P+2. The van der Waals surface area contributed by atoms with E-state index in [1.165, 1.54) is 12.1 Å². The number of hydrogen-bond donors (Lipinski definition) is 3. The van der Waals surface area contributed by atoms with Crippen molar-refractivity contribution in [3.8, 4) is 0 Å². The topological polar surface area (TPSA) is 83.6 Å². The van der Waals surface area contributed by atoms with Crippen molar-refractivity contribution in [1.82, 2.24) is 0 Å². The van der Waals surface area contributed by atoms with E-state index in [1.807, 2.05) is 0 Å². The number of anilines is 1. The van der Waals surface area contributed by atoms with Crippen LogP contribution in [0.2, 0.25) is 0 Å². The normalized spacial score (nSPS) is 9.93. The molecule has 0 saturated heterocycles. The van der Waals surface area contributed by atoms with Gasteiger partial charge >= 0.3 is 66.7 Å². The smallest absolute Gasteiger partial charge is 0.398 e. The fraction of sp³-hybridized carbons (Fsp3) is 0. The van der Waals surface area contributed by atoms with Crippen LogP contribution in [-0.2, 0) is 4.57 Å². The van der Waals surface area contributed by atoms with Crippen molar-refractivity contribution < 1.29 is 73.5 Å². The molecule has 0 saturated carbocycles. The van der Waals surface area contributed by atoms with E-state index in [0.717, 1.165) is 0 Å². The Balaban J connectivity index is 0. The molecule has 0 aliphatic carbocycles. The molecule has 1 aromatic rings. The largest absolute Gasteiger partial charge is 1.00 e. The van der Waals surface area contributed by atoms with Crippen molar-refractivity contribution in [2.75, 3.05) is 5.73 Å². The van der Waals surface area contributed by atoms with Gasteiger partial charge in [0.25, 0.3) is 0 Å². The first-order valence-corrected chi connectivity index (χ1v) is 5.43. The van der Waals surface area contributed by atoms with E-state index < -0.39 is 7.60 Å². The predicted octanol–water partition coefficient (Wildman–Crippen LogP) is -5.16. The van der Waals surface area contributed by atoms with Crippen LogP contribution in [0.1, 0.15) is 0 Å². The first-order valence-electron chi connectivity index (χ1n) is 3.02. The summed E-state index contributed by atoms with van der Waals surface area (Å²) >= 11 is 3.09. The third kappa shape index (κ3) is 5.12. The Hall–Kier alpha value is 1.65. The zero-order valence-corrected chi connectivity index (χ0v) is 14.4. The Morgan fingerprint density at radius 3 is 2.14 bits per heavy atom. The molecule has 1 aromatic carbocycles.